The number of amides is 1. The summed E-state index contributed by atoms with van der Waals surface area (Å²) in [6.07, 6.45) is 6.14. The summed E-state index contributed by atoms with van der Waals surface area (Å²) in [5.41, 5.74) is 3.52. The molecule has 1 saturated heterocycles. The normalized spacial score (nSPS) is 14.0. The van der Waals surface area contributed by atoms with Gasteiger partial charge in [-0.25, -0.2) is 4.98 Å². The van der Waals surface area contributed by atoms with E-state index in [4.69, 9.17) is 0 Å². The highest BCUT2D eigenvalue weighted by Gasteiger charge is 2.19. The Bertz CT molecular complexity index is 968. The minimum Gasteiger partial charge on any atom is -0.367 e. The van der Waals surface area contributed by atoms with E-state index in [1.165, 1.54) is 0 Å². The lowest BCUT2D eigenvalue weighted by Gasteiger charge is -2.36. The van der Waals surface area contributed by atoms with Crippen molar-refractivity contribution in [2.24, 2.45) is 0 Å². The Morgan fingerprint density at radius 3 is 2.52 bits per heavy atom. The van der Waals surface area contributed by atoms with Crippen LogP contribution in [0.2, 0.25) is 0 Å². The fraction of sp³-hybridized carbons (Fsp3) is 0.261. The molecule has 1 N–H and O–H groups in total. The zero-order valence-electron chi connectivity index (χ0n) is 16.6. The van der Waals surface area contributed by atoms with Gasteiger partial charge in [0.15, 0.2) is 0 Å². The molecule has 0 atom stereocenters. The number of aryl methyl sites for hydroxylation is 1. The number of nitrogens with zero attached hydrogens (tertiary/aromatic N) is 4. The van der Waals surface area contributed by atoms with Gasteiger partial charge in [0.25, 0.3) is 5.91 Å². The maximum atomic E-state index is 12.8. The van der Waals surface area contributed by atoms with Crippen molar-refractivity contribution in [2.45, 2.75) is 13.3 Å². The second-order valence-electron chi connectivity index (χ2n) is 7.06. The molecule has 6 nitrogen and oxygen atoms in total. The summed E-state index contributed by atoms with van der Waals surface area (Å²) in [6.45, 7) is 5.58. The van der Waals surface area contributed by atoms with Crippen molar-refractivity contribution in [3.63, 3.8) is 0 Å². The van der Waals surface area contributed by atoms with Crippen molar-refractivity contribution < 1.29 is 4.79 Å². The van der Waals surface area contributed by atoms with E-state index in [1.807, 2.05) is 60.9 Å². The van der Waals surface area contributed by atoms with Gasteiger partial charge in [0, 0.05) is 44.3 Å². The van der Waals surface area contributed by atoms with Crippen LogP contribution >= 0.6 is 0 Å². The van der Waals surface area contributed by atoms with Crippen molar-refractivity contribution in [1.82, 2.24) is 9.97 Å². The number of para-hydroxylation sites is 1. The van der Waals surface area contributed by atoms with Gasteiger partial charge in [0.2, 0.25) is 0 Å². The summed E-state index contributed by atoms with van der Waals surface area (Å²) in [5, 5.41) is 3.02. The number of benzene rings is 1. The average Bonchev–Trinajstić information content (AvgIpc) is 2.80. The van der Waals surface area contributed by atoms with Crippen molar-refractivity contribution in [2.75, 3.05) is 41.3 Å². The molecule has 3 aromatic rings. The van der Waals surface area contributed by atoms with Crippen LogP contribution in [-0.2, 0) is 6.42 Å². The van der Waals surface area contributed by atoms with Crippen LogP contribution in [0.25, 0.3) is 0 Å². The predicted molar refractivity (Wildman–Crippen MR) is 117 cm³/mol. The van der Waals surface area contributed by atoms with Gasteiger partial charge < -0.3 is 15.1 Å². The molecule has 0 radical (unpaired) electrons. The minimum absolute atomic E-state index is 0.132. The number of nitrogens with one attached hydrogen (secondary N) is 1. The van der Waals surface area contributed by atoms with Gasteiger partial charge in [-0.05, 0) is 36.2 Å². The van der Waals surface area contributed by atoms with Gasteiger partial charge in [0.05, 0.1) is 17.4 Å². The molecule has 148 valence electrons. The zero-order chi connectivity index (χ0) is 20.1. The summed E-state index contributed by atoms with van der Waals surface area (Å²) in [4.78, 5) is 26.1. The number of aromatic nitrogens is 2. The van der Waals surface area contributed by atoms with Crippen LogP contribution in [0.5, 0.6) is 0 Å². The second-order valence-corrected chi connectivity index (χ2v) is 7.06. The van der Waals surface area contributed by atoms with E-state index in [0.717, 1.165) is 55.4 Å². The van der Waals surface area contributed by atoms with Crippen LogP contribution in [0.1, 0.15) is 22.8 Å². The van der Waals surface area contributed by atoms with Crippen molar-refractivity contribution in [1.29, 1.82) is 0 Å². The van der Waals surface area contributed by atoms with Crippen LogP contribution in [0.15, 0.2) is 67.1 Å². The fourth-order valence-electron chi connectivity index (χ4n) is 3.60. The Hall–Kier alpha value is -3.41. The number of pyridine rings is 2. The maximum Gasteiger partial charge on any atom is 0.257 e. The third-order valence-corrected chi connectivity index (χ3v) is 5.25. The number of rotatable bonds is 5. The molecule has 0 unspecified atom stereocenters. The fourth-order valence-corrected chi connectivity index (χ4v) is 3.60. The van der Waals surface area contributed by atoms with E-state index >= 15 is 0 Å². The van der Waals surface area contributed by atoms with E-state index in [9.17, 15) is 4.79 Å². The SMILES string of the molecule is CCc1ccccc1NC(=O)c1cncc(N2CCN(c3ccccn3)CC2)c1. The zero-order valence-corrected chi connectivity index (χ0v) is 16.6. The summed E-state index contributed by atoms with van der Waals surface area (Å²) in [5.74, 6) is 0.875. The smallest absolute Gasteiger partial charge is 0.257 e. The monoisotopic (exact) mass is 387 g/mol. The molecule has 0 spiro atoms. The molecule has 0 aliphatic carbocycles. The van der Waals surface area contributed by atoms with Crippen LogP contribution < -0.4 is 15.1 Å². The van der Waals surface area contributed by atoms with E-state index in [1.54, 1.807) is 6.20 Å². The van der Waals surface area contributed by atoms with Gasteiger partial charge in [0.1, 0.15) is 5.82 Å². The topological polar surface area (TPSA) is 61.4 Å². The molecule has 0 saturated carbocycles. The molecule has 1 aliphatic heterocycles. The Morgan fingerprint density at radius 1 is 1.00 bits per heavy atom. The molecular weight excluding hydrogens is 362 g/mol. The van der Waals surface area contributed by atoms with E-state index in [2.05, 4.69) is 32.0 Å². The molecule has 1 fully saturated rings. The highest BCUT2D eigenvalue weighted by atomic mass is 16.1. The molecule has 2 aromatic heterocycles. The summed E-state index contributed by atoms with van der Waals surface area (Å²) >= 11 is 0. The van der Waals surface area contributed by atoms with Crippen LogP contribution in [-0.4, -0.2) is 42.1 Å². The highest BCUT2D eigenvalue weighted by molar-refractivity contribution is 6.05. The van der Waals surface area contributed by atoms with E-state index < -0.39 is 0 Å². The third kappa shape index (κ3) is 4.37. The first-order chi connectivity index (χ1) is 14.2. The first-order valence-electron chi connectivity index (χ1n) is 10.00. The quantitative estimate of drug-likeness (QED) is 0.725. The van der Waals surface area contributed by atoms with Crippen LogP contribution in [0, 0.1) is 0 Å². The number of carbonyl (C=O) groups is 1. The number of anilines is 3. The van der Waals surface area contributed by atoms with Gasteiger partial charge in [-0.3, -0.25) is 9.78 Å². The van der Waals surface area contributed by atoms with E-state index in [-0.39, 0.29) is 5.91 Å². The maximum absolute atomic E-state index is 12.8. The predicted octanol–water partition coefficient (Wildman–Crippen LogP) is 3.62. The van der Waals surface area contributed by atoms with E-state index in [0.29, 0.717) is 5.56 Å². The van der Waals surface area contributed by atoms with Gasteiger partial charge in [-0.15, -0.1) is 0 Å². The Morgan fingerprint density at radius 2 is 1.76 bits per heavy atom. The molecule has 29 heavy (non-hydrogen) atoms. The number of carbonyl (C=O) groups excluding carboxylic acids is 1. The van der Waals surface area contributed by atoms with Crippen molar-refractivity contribution in [3.8, 4) is 0 Å². The summed E-state index contributed by atoms with van der Waals surface area (Å²) in [7, 11) is 0. The van der Waals surface area contributed by atoms with Crippen LogP contribution in [0.4, 0.5) is 17.2 Å². The minimum atomic E-state index is -0.132. The van der Waals surface area contributed by atoms with Crippen molar-refractivity contribution >= 4 is 23.1 Å². The number of hydrogen-bond donors (Lipinski definition) is 1. The molecule has 1 amide bonds. The molecule has 1 aliphatic rings. The largest absolute Gasteiger partial charge is 0.367 e. The standard InChI is InChI=1S/C23H25N5O/c1-2-18-7-3-4-8-21(18)26-23(29)19-15-20(17-24-16-19)27-11-13-28(14-12-27)22-9-5-6-10-25-22/h3-10,15-17H,2,11-14H2,1H3,(H,26,29). The van der Waals surface area contributed by atoms with Crippen molar-refractivity contribution in [3.05, 3.63) is 78.2 Å². The molecule has 1 aromatic carbocycles. The molecular formula is C23H25N5O. The lowest BCUT2D eigenvalue weighted by molar-refractivity contribution is 0.102. The van der Waals surface area contributed by atoms with Gasteiger partial charge in [-0.1, -0.05) is 31.2 Å². The number of piperazine rings is 1. The molecule has 0 bridgehead atoms. The first-order valence-corrected chi connectivity index (χ1v) is 10.00. The van der Waals surface area contributed by atoms with Crippen LogP contribution in [0.3, 0.4) is 0 Å². The average molecular weight is 387 g/mol. The summed E-state index contributed by atoms with van der Waals surface area (Å²) in [6, 6.07) is 15.8. The van der Waals surface area contributed by atoms with Gasteiger partial charge >= 0.3 is 0 Å². The third-order valence-electron chi connectivity index (χ3n) is 5.25. The second kappa shape index (κ2) is 8.73. The lowest BCUT2D eigenvalue weighted by Crippen LogP contribution is -2.46. The molecule has 6 heteroatoms. The Labute approximate surface area is 171 Å². The summed E-state index contributed by atoms with van der Waals surface area (Å²) < 4.78 is 0. The lowest BCUT2D eigenvalue weighted by atomic mass is 10.1. The molecule has 3 heterocycles. The number of hydrogen-bond acceptors (Lipinski definition) is 5. The molecule has 4 rings (SSSR count). The Kier molecular flexibility index (Phi) is 5.70. The highest BCUT2D eigenvalue weighted by Crippen LogP contribution is 2.21. The van der Waals surface area contributed by atoms with Gasteiger partial charge in [-0.2, -0.15) is 0 Å². The Balaban J connectivity index is 1.43. The first kappa shape index (κ1) is 18.9.